The minimum Gasteiger partial charge on any atom is -0.464 e. The summed E-state index contributed by atoms with van der Waals surface area (Å²) in [6.07, 6.45) is 5.42. The van der Waals surface area contributed by atoms with E-state index in [1.54, 1.807) is 34.6 Å². The molecular weight excluding hydrogens is 707 g/mol. The maximum atomic E-state index is 14.7. The minimum atomic E-state index is -5.67. The van der Waals surface area contributed by atoms with Crippen LogP contribution in [-0.4, -0.2) is 68.3 Å². The maximum Gasteiger partial charge on any atom is 0.511 e. The highest BCUT2D eigenvalue weighted by Crippen LogP contribution is 2.61. The van der Waals surface area contributed by atoms with Crippen molar-refractivity contribution in [1.82, 2.24) is 4.72 Å². The molecule has 6 aliphatic carbocycles. The molecule has 52 heavy (non-hydrogen) atoms. The molecule has 15 heteroatoms. The molecule has 1 N–H and O–H groups in total. The maximum absolute atomic E-state index is 14.7. The molecule has 1 aliphatic heterocycles. The van der Waals surface area contributed by atoms with E-state index in [4.69, 9.17) is 18.9 Å². The Kier molecular flexibility index (Phi) is 9.91. The number of hydrogen-bond donors (Lipinski definition) is 1. The van der Waals surface area contributed by atoms with Gasteiger partial charge >= 0.3 is 39.4 Å². The molecule has 8 atom stereocenters. The van der Waals surface area contributed by atoms with Crippen molar-refractivity contribution in [3.63, 3.8) is 0 Å². The number of carbonyl (C=O) groups excluding carboxylic acids is 4. The van der Waals surface area contributed by atoms with E-state index in [-0.39, 0.29) is 54.8 Å². The van der Waals surface area contributed by atoms with Crippen LogP contribution in [0.1, 0.15) is 113 Å². The predicted octanol–water partition coefficient (Wildman–Crippen LogP) is 5.84. The van der Waals surface area contributed by atoms with Gasteiger partial charge in [0.25, 0.3) is 0 Å². The van der Waals surface area contributed by atoms with E-state index in [0.29, 0.717) is 18.3 Å². The zero-order chi connectivity index (χ0) is 38.4. The summed E-state index contributed by atoms with van der Waals surface area (Å²) >= 11 is 0. The standard InChI is InChI=1S/C37H54F3NO10S/c1-8-34(5,31(44)48-16-19(2)41-52(46,47)37(38,39)40)18-35(6,32(45)51-36(7)23-10-20-9-21(12-23)13-24(36)11-20)17-33(3,4)30(43)50-27-22-14-25-26(15-22)29(42)49-28(25)27/h19-28,41H,8-18H2,1-7H3. The third-order valence-corrected chi connectivity index (χ3v) is 15.1. The highest BCUT2D eigenvalue weighted by atomic mass is 32.2. The first-order chi connectivity index (χ1) is 23.9. The van der Waals surface area contributed by atoms with E-state index in [9.17, 15) is 40.8 Å². The van der Waals surface area contributed by atoms with Gasteiger partial charge < -0.3 is 18.9 Å². The molecule has 0 spiro atoms. The van der Waals surface area contributed by atoms with Gasteiger partial charge in [0.15, 0.2) is 0 Å². The third-order valence-electron chi connectivity index (χ3n) is 13.8. The summed E-state index contributed by atoms with van der Waals surface area (Å²) in [4.78, 5) is 54.8. The number of sulfonamides is 1. The number of carbonyl (C=O) groups is 4. The summed E-state index contributed by atoms with van der Waals surface area (Å²) in [7, 11) is -5.67. The number of ether oxygens (including phenoxy) is 4. The Balaban J connectivity index is 1.21. The number of alkyl halides is 3. The van der Waals surface area contributed by atoms with E-state index in [0.717, 1.165) is 39.0 Å². The molecule has 1 saturated heterocycles. The summed E-state index contributed by atoms with van der Waals surface area (Å²) in [6, 6.07) is -1.39. The monoisotopic (exact) mass is 761 g/mol. The summed E-state index contributed by atoms with van der Waals surface area (Å²) in [5, 5.41) is 0. The number of rotatable bonds is 14. The van der Waals surface area contributed by atoms with Crippen LogP contribution in [0.3, 0.4) is 0 Å². The second-order valence-electron chi connectivity index (χ2n) is 18.4. The van der Waals surface area contributed by atoms with E-state index in [1.807, 2.05) is 6.92 Å². The van der Waals surface area contributed by atoms with Crippen molar-refractivity contribution in [3.8, 4) is 0 Å². The fourth-order valence-electron chi connectivity index (χ4n) is 11.2. The van der Waals surface area contributed by atoms with Gasteiger partial charge in [-0.2, -0.15) is 13.2 Å². The third kappa shape index (κ3) is 6.87. The van der Waals surface area contributed by atoms with Crippen molar-refractivity contribution >= 4 is 33.9 Å². The molecule has 1 heterocycles. The van der Waals surface area contributed by atoms with Crippen molar-refractivity contribution in [1.29, 1.82) is 0 Å². The fourth-order valence-corrected chi connectivity index (χ4v) is 11.9. The quantitative estimate of drug-likeness (QED) is 0.169. The molecule has 0 amide bonds. The molecule has 0 aromatic heterocycles. The first kappa shape index (κ1) is 39.3. The van der Waals surface area contributed by atoms with Crippen LogP contribution >= 0.6 is 0 Å². The first-order valence-electron chi connectivity index (χ1n) is 18.8. The summed E-state index contributed by atoms with van der Waals surface area (Å²) in [6.45, 7) is 10.8. The lowest BCUT2D eigenvalue weighted by atomic mass is 9.50. The highest BCUT2D eigenvalue weighted by molar-refractivity contribution is 7.90. The second-order valence-corrected chi connectivity index (χ2v) is 20.1. The number of hydrogen-bond acceptors (Lipinski definition) is 10. The van der Waals surface area contributed by atoms with Crippen molar-refractivity contribution in [2.75, 3.05) is 6.61 Å². The molecule has 8 unspecified atom stereocenters. The molecule has 7 aliphatic rings. The number of nitrogens with one attached hydrogen (secondary N) is 1. The lowest BCUT2D eigenvalue weighted by Gasteiger charge is -2.59. The molecule has 0 aromatic rings. The zero-order valence-electron chi connectivity index (χ0n) is 31.2. The van der Waals surface area contributed by atoms with Gasteiger partial charge in [-0.25, -0.2) is 13.1 Å². The van der Waals surface area contributed by atoms with Gasteiger partial charge in [-0.15, -0.1) is 0 Å². The Hall–Kier alpha value is -2.42. The second kappa shape index (κ2) is 13.1. The van der Waals surface area contributed by atoms with Crippen molar-refractivity contribution in [3.05, 3.63) is 0 Å². The normalized spacial score (nSPS) is 37.6. The number of fused-ring (bicyclic) bond motifs is 1. The Morgan fingerprint density at radius 1 is 0.904 bits per heavy atom. The van der Waals surface area contributed by atoms with Gasteiger partial charge in [0.1, 0.15) is 24.4 Å². The van der Waals surface area contributed by atoms with Crippen molar-refractivity contribution < 1.29 is 59.7 Å². The Morgan fingerprint density at radius 2 is 1.50 bits per heavy atom. The molecule has 294 valence electrons. The van der Waals surface area contributed by atoms with Crippen LogP contribution in [0.5, 0.6) is 0 Å². The predicted molar refractivity (Wildman–Crippen MR) is 179 cm³/mol. The van der Waals surface area contributed by atoms with Crippen LogP contribution in [0.25, 0.3) is 0 Å². The summed E-state index contributed by atoms with van der Waals surface area (Å²) in [5.74, 6) is -0.636. The SMILES string of the molecule is CCC(C)(CC(C)(CC(C)(C)C(=O)OC1C2CC3C(=O)OC1C3C2)C(=O)OC1(C)C2CC3CC(C2)CC1C3)C(=O)OCC(C)NS(=O)(=O)C(F)(F)F. The summed E-state index contributed by atoms with van der Waals surface area (Å²) in [5.41, 5.74) is -10.3. The van der Waals surface area contributed by atoms with Gasteiger partial charge in [-0.3, -0.25) is 19.2 Å². The van der Waals surface area contributed by atoms with E-state index in [1.165, 1.54) is 11.1 Å². The Labute approximate surface area is 304 Å². The summed E-state index contributed by atoms with van der Waals surface area (Å²) < 4.78 is 87.2. The van der Waals surface area contributed by atoms with Gasteiger partial charge in [0, 0.05) is 11.8 Å². The van der Waals surface area contributed by atoms with Crippen molar-refractivity contribution in [2.24, 2.45) is 57.7 Å². The van der Waals surface area contributed by atoms with Gasteiger partial charge in [0.05, 0.1) is 28.2 Å². The van der Waals surface area contributed by atoms with Gasteiger partial charge in [-0.05, 0) is 129 Å². The van der Waals surface area contributed by atoms with Crippen LogP contribution in [0, 0.1) is 57.7 Å². The highest BCUT2D eigenvalue weighted by Gasteiger charge is 2.64. The van der Waals surface area contributed by atoms with Gasteiger partial charge in [0.2, 0.25) is 0 Å². The first-order valence-corrected chi connectivity index (χ1v) is 20.3. The van der Waals surface area contributed by atoms with Crippen LogP contribution in [-0.2, 0) is 48.1 Å². The molecule has 11 nitrogen and oxygen atoms in total. The van der Waals surface area contributed by atoms with E-state index < -0.39 is 80.1 Å². The largest absolute Gasteiger partial charge is 0.511 e. The fraction of sp³-hybridized carbons (Fsp3) is 0.892. The number of esters is 4. The molecular formula is C37H54F3NO10S. The van der Waals surface area contributed by atoms with Crippen LogP contribution in [0.4, 0.5) is 13.2 Å². The molecule has 6 saturated carbocycles. The molecule has 0 radical (unpaired) electrons. The lowest BCUT2D eigenvalue weighted by Crippen LogP contribution is -2.59. The van der Waals surface area contributed by atoms with Gasteiger partial charge in [-0.1, -0.05) is 6.92 Å². The van der Waals surface area contributed by atoms with E-state index in [2.05, 4.69) is 0 Å². The average molecular weight is 762 g/mol. The van der Waals surface area contributed by atoms with Crippen LogP contribution < -0.4 is 4.72 Å². The lowest BCUT2D eigenvalue weighted by molar-refractivity contribution is -0.215. The number of halogens is 3. The average Bonchev–Trinajstić information content (AvgIpc) is 3.66. The Bertz CT molecular complexity index is 1550. The van der Waals surface area contributed by atoms with E-state index >= 15 is 0 Å². The molecule has 7 rings (SSSR count). The molecule has 7 fully saturated rings. The molecule has 6 bridgehead atoms. The topological polar surface area (TPSA) is 151 Å². The van der Waals surface area contributed by atoms with Crippen LogP contribution in [0.2, 0.25) is 0 Å². The smallest absolute Gasteiger partial charge is 0.464 e. The molecule has 0 aromatic carbocycles. The van der Waals surface area contributed by atoms with Crippen LogP contribution in [0.15, 0.2) is 0 Å². The minimum absolute atomic E-state index is 0.0144. The zero-order valence-corrected chi connectivity index (χ0v) is 32.0. The van der Waals surface area contributed by atoms with Crippen molar-refractivity contribution in [2.45, 2.75) is 142 Å². The Morgan fingerprint density at radius 3 is 2.06 bits per heavy atom.